The Morgan fingerprint density at radius 3 is 3.00 bits per heavy atom. The third-order valence-corrected chi connectivity index (χ3v) is 0.846. The van der Waals surface area contributed by atoms with Crippen molar-refractivity contribution in [1.29, 1.82) is 0 Å². The van der Waals surface area contributed by atoms with Crippen LogP contribution in [0, 0.1) is 0 Å². The first-order chi connectivity index (χ1) is 3.80. The van der Waals surface area contributed by atoms with Crippen molar-refractivity contribution in [1.82, 2.24) is 5.32 Å². The predicted molar refractivity (Wildman–Crippen MR) is 24.0 cm³/mol. The van der Waals surface area contributed by atoms with E-state index >= 15 is 0 Å². The molecule has 1 aliphatic heterocycles. The zero-order valence-electron chi connectivity index (χ0n) is 4.20. The van der Waals surface area contributed by atoms with Crippen LogP contribution in [-0.4, -0.2) is 30.5 Å². The smallest absolute Gasteiger partial charge is 0.297 e. The minimum Gasteiger partial charge on any atom is -0.360 e. The van der Waals surface area contributed by atoms with Crippen LogP contribution in [0.15, 0.2) is 0 Å². The fourth-order valence-corrected chi connectivity index (χ4v) is 0.470. The van der Waals surface area contributed by atoms with Crippen molar-refractivity contribution < 1.29 is 14.6 Å². The van der Waals surface area contributed by atoms with Gasteiger partial charge >= 0.3 is 0 Å². The Labute approximate surface area is 46.4 Å². The monoisotopic (exact) mass is 116 g/mol. The van der Waals surface area contributed by atoms with Crippen LogP contribution in [0.5, 0.6) is 0 Å². The maximum atomic E-state index is 10.3. The normalized spacial score (nSPS) is 29.6. The standard InChI is InChI=1S/C4H6NO3/c6-3-4(7)8-2-1-5-3/h4,7H,1-2H2. The molecule has 0 saturated carbocycles. The molecule has 4 nitrogen and oxygen atoms in total. The third-order valence-electron chi connectivity index (χ3n) is 0.846. The topological polar surface area (TPSA) is 60.6 Å². The Morgan fingerprint density at radius 2 is 2.62 bits per heavy atom. The van der Waals surface area contributed by atoms with E-state index in [9.17, 15) is 4.79 Å². The van der Waals surface area contributed by atoms with Gasteiger partial charge in [0.15, 0.2) is 0 Å². The SMILES string of the molecule is O=C1[N]CCOC1O. The predicted octanol–water partition coefficient (Wildman–Crippen LogP) is -1.53. The number of hydrogen-bond donors (Lipinski definition) is 1. The fourth-order valence-electron chi connectivity index (χ4n) is 0.470. The van der Waals surface area contributed by atoms with E-state index in [1.54, 1.807) is 0 Å². The van der Waals surface area contributed by atoms with Gasteiger partial charge < -0.3 is 9.84 Å². The van der Waals surface area contributed by atoms with Crippen LogP contribution in [0.2, 0.25) is 0 Å². The average molecular weight is 116 g/mol. The molecular formula is C4H6NO3. The van der Waals surface area contributed by atoms with Gasteiger partial charge in [0.25, 0.3) is 5.91 Å². The lowest BCUT2D eigenvalue weighted by molar-refractivity contribution is -0.166. The number of hydrogen-bond acceptors (Lipinski definition) is 3. The summed E-state index contributed by atoms with van der Waals surface area (Å²) in [6.45, 7) is 0.711. The molecule has 1 fully saturated rings. The molecular weight excluding hydrogens is 110 g/mol. The Hall–Kier alpha value is -0.610. The highest BCUT2D eigenvalue weighted by atomic mass is 16.6. The van der Waals surface area contributed by atoms with Gasteiger partial charge in [-0.1, -0.05) is 0 Å². The van der Waals surface area contributed by atoms with Crippen LogP contribution < -0.4 is 5.32 Å². The van der Waals surface area contributed by atoms with Gasteiger partial charge in [0.2, 0.25) is 6.29 Å². The zero-order valence-corrected chi connectivity index (χ0v) is 4.20. The Morgan fingerprint density at radius 1 is 1.88 bits per heavy atom. The summed E-state index contributed by atoms with van der Waals surface area (Å²) in [6.07, 6.45) is -1.30. The first-order valence-electron chi connectivity index (χ1n) is 2.32. The first-order valence-corrected chi connectivity index (χ1v) is 2.32. The van der Waals surface area contributed by atoms with Crippen LogP contribution in [0.4, 0.5) is 0 Å². The summed E-state index contributed by atoms with van der Waals surface area (Å²) in [5.74, 6) is -0.573. The number of aliphatic hydroxyl groups excluding tert-OH is 1. The van der Waals surface area contributed by atoms with E-state index in [4.69, 9.17) is 5.11 Å². The highest BCUT2D eigenvalue weighted by Crippen LogP contribution is 1.92. The van der Waals surface area contributed by atoms with Gasteiger partial charge in [-0.15, -0.1) is 0 Å². The van der Waals surface area contributed by atoms with Crippen LogP contribution in [0.1, 0.15) is 0 Å². The van der Waals surface area contributed by atoms with E-state index < -0.39 is 12.2 Å². The van der Waals surface area contributed by atoms with Crippen molar-refractivity contribution in [3.05, 3.63) is 0 Å². The Kier molecular flexibility index (Phi) is 1.45. The van der Waals surface area contributed by atoms with Crippen LogP contribution in [0.25, 0.3) is 0 Å². The fraction of sp³-hybridized carbons (Fsp3) is 0.750. The molecule has 45 valence electrons. The van der Waals surface area contributed by atoms with E-state index in [-0.39, 0.29) is 0 Å². The largest absolute Gasteiger partial charge is 0.360 e. The van der Waals surface area contributed by atoms with Crippen molar-refractivity contribution in [3.63, 3.8) is 0 Å². The molecule has 4 heteroatoms. The highest BCUT2D eigenvalue weighted by Gasteiger charge is 2.20. The summed E-state index contributed by atoms with van der Waals surface area (Å²) >= 11 is 0. The molecule has 0 spiro atoms. The lowest BCUT2D eigenvalue weighted by Crippen LogP contribution is -2.39. The number of carbonyl (C=O) groups is 1. The van der Waals surface area contributed by atoms with Gasteiger partial charge in [-0.3, -0.25) is 4.79 Å². The number of rotatable bonds is 0. The second-order valence-electron chi connectivity index (χ2n) is 1.44. The van der Waals surface area contributed by atoms with Crippen LogP contribution >= 0.6 is 0 Å². The third kappa shape index (κ3) is 0.962. The van der Waals surface area contributed by atoms with Gasteiger partial charge in [0.1, 0.15) is 0 Å². The molecule has 1 radical (unpaired) electrons. The molecule has 0 bridgehead atoms. The molecule has 8 heavy (non-hydrogen) atoms. The van der Waals surface area contributed by atoms with Gasteiger partial charge in [0, 0.05) is 0 Å². The minimum atomic E-state index is -1.30. The Bertz CT molecular complexity index is 103. The summed E-state index contributed by atoms with van der Waals surface area (Å²) in [5, 5.41) is 11.9. The summed E-state index contributed by atoms with van der Waals surface area (Å²) in [5.41, 5.74) is 0. The lowest BCUT2D eigenvalue weighted by atomic mass is 10.5. The summed E-state index contributed by atoms with van der Waals surface area (Å²) in [4.78, 5) is 10.3. The number of carbonyl (C=O) groups excluding carboxylic acids is 1. The second kappa shape index (κ2) is 2.11. The minimum absolute atomic E-state index is 0.340. The van der Waals surface area contributed by atoms with Gasteiger partial charge in [-0.05, 0) is 0 Å². The zero-order chi connectivity index (χ0) is 5.98. The van der Waals surface area contributed by atoms with E-state index in [2.05, 4.69) is 10.1 Å². The molecule has 0 aromatic rings. The maximum absolute atomic E-state index is 10.3. The molecule has 1 atom stereocenters. The van der Waals surface area contributed by atoms with Gasteiger partial charge in [-0.25, -0.2) is 5.32 Å². The molecule has 0 aliphatic carbocycles. The van der Waals surface area contributed by atoms with Crippen molar-refractivity contribution in [2.75, 3.05) is 13.2 Å². The molecule has 1 unspecified atom stereocenters. The molecule has 0 aromatic carbocycles. The number of morpholine rings is 1. The summed E-state index contributed by atoms with van der Waals surface area (Å²) < 4.78 is 4.50. The molecule has 0 aromatic heterocycles. The van der Waals surface area contributed by atoms with E-state index in [1.165, 1.54) is 0 Å². The van der Waals surface area contributed by atoms with Crippen LogP contribution in [0.3, 0.4) is 0 Å². The van der Waals surface area contributed by atoms with Crippen molar-refractivity contribution in [2.24, 2.45) is 0 Å². The number of nitrogens with zero attached hydrogens (tertiary/aromatic N) is 1. The molecule has 1 amide bonds. The van der Waals surface area contributed by atoms with Gasteiger partial charge in [0.05, 0.1) is 13.2 Å². The van der Waals surface area contributed by atoms with E-state index in [0.29, 0.717) is 13.2 Å². The van der Waals surface area contributed by atoms with Crippen molar-refractivity contribution in [2.45, 2.75) is 6.29 Å². The lowest BCUT2D eigenvalue weighted by Gasteiger charge is -2.14. The Balaban J connectivity index is 2.39. The molecule has 1 heterocycles. The highest BCUT2D eigenvalue weighted by molar-refractivity contribution is 5.79. The molecule has 1 aliphatic rings. The van der Waals surface area contributed by atoms with Gasteiger partial charge in [-0.2, -0.15) is 0 Å². The summed E-state index contributed by atoms with van der Waals surface area (Å²) in [7, 11) is 0. The summed E-state index contributed by atoms with van der Waals surface area (Å²) in [6, 6.07) is 0. The van der Waals surface area contributed by atoms with Crippen molar-refractivity contribution in [3.8, 4) is 0 Å². The quantitative estimate of drug-likeness (QED) is 0.417. The molecule has 1 rings (SSSR count). The molecule has 1 N–H and O–H groups in total. The number of ether oxygens (including phenoxy) is 1. The number of amides is 1. The maximum Gasteiger partial charge on any atom is 0.297 e. The first kappa shape index (κ1) is 5.53. The van der Waals surface area contributed by atoms with E-state index in [1.807, 2.05) is 0 Å². The molecule has 1 saturated heterocycles. The van der Waals surface area contributed by atoms with Crippen LogP contribution in [-0.2, 0) is 9.53 Å². The van der Waals surface area contributed by atoms with Crippen molar-refractivity contribution >= 4 is 5.91 Å². The average Bonchev–Trinajstić information content (AvgIpc) is 1.77. The second-order valence-corrected chi connectivity index (χ2v) is 1.44. The number of aliphatic hydroxyl groups is 1. The van der Waals surface area contributed by atoms with E-state index in [0.717, 1.165) is 0 Å².